The Morgan fingerprint density at radius 2 is 2.06 bits per heavy atom. The van der Waals surface area contributed by atoms with Gasteiger partial charge in [0.15, 0.2) is 0 Å². The molecule has 2 aromatic rings. The van der Waals surface area contributed by atoms with E-state index in [0.717, 1.165) is 5.39 Å². The molecule has 2 rings (SSSR count). The standard InChI is InChI=1S/C10H11ClN2O2S/c1-7(2)13-6-8-3-4-9(16(11,14)15)5-10(8)12-13/h3-7H,1-2H3. The molecule has 4 nitrogen and oxygen atoms in total. The van der Waals surface area contributed by atoms with E-state index in [0.29, 0.717) is 5.52 Å². The summed E-state index contributed by atoms with van der Waals surface area (Å²) in [7, 11) is 1.58. The van der Waals surface area contributed by atoms with Crippen molar-refractivity contribution in [2.75, 3.05) is 0 Å². The lowest BCUT2D eigenvalue weighted by Crippen LogP contribution is -1.99. The predicted molar refractivity (Wildman–Crippen MR) is 63.2 cm³/mol. The summed E-state index contributed by atoms with van der Waals surface area (Å²) in [5.74, 6) is 0. The van der Waals surface area contributed by atoms with Crippen molar-refractivity contribution in [2.24, 2.45) is 0 Å². The van der Waals surface area contributed by atoms with Crippen molar-refractivity contribution in [2.45, 2.75) is 24.8 Å². The van der Waals surface area contributed by atoms with Gasteiger partial charge in [-0.2, -0.15) is 5.10 Å². The van der Waals surface area contributed by atoms with E-state index in [1.807, 2.05) is 20.0 Å². The summed E-state index contributed by atoms with van der Waals surface area (Å²) < 4.78 is 24.1. The minimum atomic E-state index is -3.68. The molecule has 0 atom stereocenters. The van der Waals surface area contributed by atoms with Crippen LogP contribution in [0.1, 0.15) is 19.9 Å². The molecule has 16 heavy (non-hydrogen) atoms. The molecule has 86 valence electrons. The Morgan fingerprint density at radius 1 is 1.38 bits per heavy atom. The van der Waals surface area contributed by atoms with Crippen LogP contribution in [0, 0.1) is 0 Å². The van der Waals surface area contributed by atoms with Crippen LogP contribution in [0.4, 0.5) is 0 Å². The first-order valence-corrected chi connectivity index (χ1v) is 7.12. The Balaban J connectivity index is 2.63. The van der Waals surface area contributed by atoms with E-state index < -0.39 is 9.05 Å². The highest BCUT2D eigenvalue weighted by molar-refractivity contribution is 8.13. The number of fused-ring (bicyclic) bond motifs is 1. The first-order chi connectivity index (χ1) is 7.38. The normalized spacial score (nSPS) is 12.5. The van der Waals surface area contributed by atoms with Crippen molar-refractivity contribution in [3.63, 3.8) is 0 Å². The van der Waals surface area contributed by atoms with Gasteiger partial charge < -0.3 is 0 Å². The summed E-state index contributed by atoms with van der Waals surface area (Å²) in [6.07, 6.45) is 1.88. The zero-order valence-electron chi connectivity index (χ0n) is 8.88. The lowest BCUT2D eigenvalue weighted by atomic mass is 10.3. The minimum Gasteiger partial charge on any atom is -0.269 e. The average Bonchev–Trinajstić information content (AvgIpc) is 2.58. The van der Waals surface area contributed by atoms with E-state index in [1.54, 1.807) is 10.7 Å². The van der Waals surface area contributed by atoms with Crippen LogP contribution in [0.15, 0.2) is 29.3 Å². The quantitative estimate of drug-likeness (QED) is 0.778. The van der Waals surface area contributed by atoms with Crippen LogP contribution < -0.4 is 0 Å². The van der Waals surface area contributed by atoms with Crippen LogP contribution >= 0.6 is 10.7 Å². The largest absolute Gasteiger partial charge is 0.269 e. The Hall–Kier alpha value is -1.07. The molecular weight excluding hydrogens is 248 g/mol. The summed E-state index contributed by atoms with van der Waals surface area (Å²) in [6.45, 7) is 4.01. The van der Waals surface area contributed by atoms with Gasteiger partial charge in [0.05, 0.1) is 10.4 Å². The summed E-state index contributed by atoms with van der Waals surface area (Å²) >= 11 is 0. The third-order valence-corrected chi connectivity index (χ3v) is 3.66. The fraction of sp³-hybridized carbons (Fsp3) is 0.300. The number of aromatic nitrogens is 2. The Kier molecular flexibility index (Phi) is 2.67. The maximum Gasteiger partial charge on any atom is 0.261 e. The molecule has 0 radical (unpaired) electrons. The van der Waals surface area contributed by atoms with Gasteiger partial charge in [-0.25, -0.2) is 8.42 Å². The minimum absolute atomic E-state index is 0.0793. The van der Waals surface area contributed by atoms with Gasteiger partial charge in [-0.05, 0) is 32.0 Å². The predicted octanol–water partition coefficient (Wildman–Crippen LogP) is 2.54. The fourth-order valence-corrected chi connectivity index (χ4v) is 2.20. The van der Waals surface area contributed by atoms with Crippen molar-refractivity contribution >= 4 is 30.6 Å². The molecule has 1 heterocycles. The Labute approximate surface area is 98.2 Å². The molecular formula is C10H11ClN2O2S. The molecule has 0 unspecified atom stereocenters. The topological polar surface area (TPSA) is 52.0 Å². The zero-order valence-corrected chi connectivity index (χ0v) is 10.5. The number of nitrogens with zero attached hydrogens (tertiary/aromatic N) is 2. The van der Waals surface area contributed by atoms with Gasteiger partial charge >= 0.3 is 0 Å². The molecule has 0 amide bonds. The van der Waals surface area contributed by atoms with Crippen LogP contribution in [-0.4, -0.2) is 18.2 Å². The van der Waals surface area contributed by atoms with Crippen LogP contribution in [0.5, 0.6) is 0 Å². The molecule has 0 aliphatic heterocycles. The molecule has 0 aliphatic rings. The number of rotatable bonds is 2. The van der Waals surface area contributed by atoms with E-state index in [9.17, 15) is 8.42 Å². The Bertz CT molecular complexity index is 631. The first kappa shape index (κ1) is 11.4. The van der Waals surface area contributed by atoms with Crippen LogP contribution in [0.3, 0.4) is 0 Å². The maximum absolute atomic E-state index is 11.1. The summed E-state index contributed by atoms with van der Waals surface area (Å²) in [5.41, 5.74) is 0.635. The lowest BCUT2D eigenvalue weighted by molar-refractivity contribution is 0.537. The molecule has 6 heteroatoms. The molecule has 1 aromatic heterocycles. The molecule has 0 spiro atoms. The van der Waals surface area contributed by atoms with E-state index in [4.69, 9.17) is 10.7 Å². The molecule has 0 aliphatic carbocycles. The average molecular weight is 259 g/mol. The van der Waals surface area contributed by atoms with Gasteiger partial charge in [-0.15, -0.1) is 0 Å². The number of halogens is 1. The van der Waals surface area contributed by atoms with E-state index >= 15 is 0 Å². The second kappa shape index (κ2) is 3.75. The van der Waals surface area contributed by atoms with Gasteiger partial charge in [0.25, 0.3) is 9.05 Å². The van der Waals surface area contributed by atoms with Crippen molar-refractivity contribution in [3.05, 3.63) is 24.4 Å². The molecule has 0 saturated carbocycles. The van der Waals surface area contributed by atoms with Crippen molar-refractivity contribution in [1.29, 1.82) is 0 Å². The highest BCUT2D eigenvalue weighted by Gasteiger charge is 2.12. The SMILES string of the molecule is CC(C)n1cc2ccc(S(=O)(=O)Cl)cc2n1. The number of benzene rings is 1. The van der Waals surface area contributed by atoms with Crippen molar-refractivity contribution < 1.29 is 8.42 Å². The third kappa shape index (κ3) is 2.05. The maximum atomic E-state index is 11.1. The summed E-state index contributed by atoms with van der Waals surface area (Å²) in [6, 6.07) is 4.91. The van der Waals surface area contributed by atoms with Crippen LogP contribution in [0.2, 0.25) is 0 Å². The summed E-state index contributed by atoms with van der Waals surface area (Å²) in [5, 5.41) is 5.18. The second-order valence-electron chi connectivity index (χ2n) is 3.86. The highest BCUT2D eigenvalue weighted by atomic mass is 35.7. The van der Waals surface area contributed by atoms with E-state index in [1.165, 1.54) is 12.1 Å². The van der Waals surface area contributed by atoms with Crippen molar-refractivity contribution in [3.8, 4) is 0 Å². The molecule has 1 aromatic carbocycles. The molecule has 0 N–H and O–H groups in total. The summed E-state index contributed by atoms with van der Waals surface area (Å²) in [4.78, 5) is 0.0793. The second-order valence-corrected chi connectivity index (χ2v) is 6.43. The third-order valence-electron chi connectivity index (χ3n) is 2.31. The van der Waals surface area contributed by atoms with Crippen LogP contribution in [-0.2, 0) is 9.05 Å². The number of hydrogen-bond donors (Lipinski definition) is 0. The highest BCUT2D eigenvalue weighted by Crippen LogP contribution is 2.21. The van der Waals surface area contributed by atoms with Crippen molar-refractivity contribution in [1.82, 2.24) is 9.78 Å². The van der Waals surface area contributed by atoms with Crippen LogP contribution in [0.25, 0.3) is 10.9 Å². The van der Waals surface area contributed by atoms with Gasteiger partial charge in [0, 0.05) is 28.3 Å². The smallest absolute Gasteiger partial charge is 0.261 e. The zero-order chi connectivity index (χ0) is 11.9. The molecule has 0 saturated heterocycles. The van der Waals surface area contributed by atoms with Gasteiger partial charge in [-0.3, -0.25) is 4.68 Å². The van der Waals surface area contributed by atoms with Gasteiger partial charge in [0.1, 0.15) is 0 Å². The monoisotopic (exact) mass is 258 g/mol. The molecule has 0 fully saturated rings. The van der Waals surface area contributed by atoms with Gasteiger partial charge in [0.2, 0.25) is 0 Å². The van der Waals surface area contributed by atoms with E-state index in [-0.39, 0.29) is 10.9 Å². The Morgan fingerprint density at radius 3 is 2.62 bits per heavy atom. The first-order valence-electron chi connectivity index (χ1n) is 4.81. The van der Waals surface area contributed by atoms with Gasteiger partial charge in [-0.1, -0.05) is 0 Å². The molecule has 0 bridgehead atoms. The number of hydrogen-bond acceptors (Lipinski definition) is 3. The van der Waals surface area contributed by atoms with E-state index in [2.05, 4.69) is 5.10 Å². The fourth-order valence-electron chi connectivity index (χ4n) is 1.43. The lowest BCUT2D eigenvalue weighted by Gasteiger charge is -2.02.